The third-order valence-corrected chi connectivity index (χ3v) is 5.69. The van der Waals surface area contributed by atoms with Crippen LogP contribution in [0.1, 0.15) is 29.4 Å². The van der Waals surface area contributed by atoms with E-state index in [-0.39, 0.29) is 18.3 Å². The van der Waals surface area contributed by atoms with Crippen LogP contribution in [0.15, 0.2) is 24.3 Å². The Labute approximate surface area is 167 Å². The van der Waals surface area contributed by atoms with Gasteiger partial charge in [-0.25, -0.2) is 4.79 Å². The summed E-state index contributed by atoms with van der Waals surface area (Å²) in [6.07, 6.45) is -0.742. The van der Waals surface area contributed by atoms with Crippen molar-refractivity contribution in [3.63, 3.8) is 0 Å². The van der Waals surface area contributed by atoms with Gasteiger partial charge in [0.2, 0.25) is 0 Å². The molecule has 1 N–H and O–H groups in total. The molecule has 0 unspecified atom stereocenters. The Hall–Kier alpha value is -2.68. The quantitative estimate of drug-likeness (QED) is 0.849. The topological polar surface area (TPSA) is 70.8 Å². The number of fused-ring (bicyclic) bond motifs is 3. The second-order valence-corrected chi connectivity index (χ2v) is 7.72. The van der Waals surface area contributed by atoms with Crippen LogP contribution in [0.5, 0.6) is 5.75 Å². The zero-order chi connectivity index (χ0) is 20.8. The molecule has 1 atom stereocenters. The fourth-order valence-corrected chi connectivity index (χ4v) is 4.22. The maximum Gasteiger partial charge on any atom is 0.407 e. The zero-order valence-corrected chi connectivity index (χ0v) is 16.4. The number of ether oxygens (including phenoxy) is 1. The van der Waals surface area contributed by atoms with Gasteiger partial charge in [-0.05, 0) is 24.6 Å². The SMILES string of the molecule is COc1ccc(CN2CCn3nc4c(c3C(F)(F)C2)CN(C(=O)O)[C@H](C)C4)cc1. The summed E-state index contributed by atoms with van der Waals surface area (Å²) in [5.41, 5.74) is 1.74. The van der Waals surface area contributed by atoms with Gasteiger partial charge < -0.3 is 14.7 Å². The van der Waals surface area contributed by atoms with Crippen molar-refractivity contribution >= 4 is 6.09 Å². The summed E-state index contributed by atoms with van der Waals surface area (Å²) < 4.78 is 37.1. The number of rotatable bonds is 3. The molecule has 3 heterocycles. The van der Waals surface area contributed by atoms with Gasteiger partial charge in [0.15, 0.2) is 0 Å². The Kier molecular flexibility index (Phi) is 4.94. The Morgan fingerprint density at radius 3 is 2.69 bits per heavy atom. The van der Waals surface area contributed by atoms with Crippen LogP contribution in [0.25, 0.3) is 0 Å². The molecule has 29 heavy (non-hydrogen) atoms. The molecule has 7 nitrogen and oxygen atoms in total. The molecule has 0 saturated carbocycles. The van der Waals surface area contributed by atoms with Crippen LogP contribution in [0.3, 0.4) is 0 Å². The van der Waals surface area contributed by atoms with Crippen molar-refractivity contribution in [3.8, 4) is 5.75 Å². The normalized spacial score (nSPS) is 21.2. The lowest BCUT2D eigenvalue weighted by Gasteiger charge is -2.31. The summed E-state index contributed by atoms with van der Waals surface area (Å²) in [6, 6.07) is 7.09. The molecule has 0 spiro atoms. The first-order valence-electron chi connectivity index (χ1n) is 9.60. The minimum absolute atomic E-state index is 0.0464. The summed E-state index contributed by atoms with van der Waals surface area (Å²) in [5, 5.41) is 13.8. The highest BCUT2D eigenvalue weighted by Crippen LogP contribution is 2.38. The van der Waals surface area contributed by atoms with Crippen molar-refractivity contribution in [1.82, 2.24) is 19.6 Å². The third kappa shape index (κ3) is 3.66. The summed E-state index contributed by atoms with van der Waals surface area (Å²) in [7, 11) is 1.58. The van der Waals surface area contributed by atoms with E-state index >= 15 is 8.78 Å². The largest absolute Gasteiger partial charge is 0.497 e. The molecule has 0 saturated heterocycles. The van der Waals surface area contributed by atoms with Gasteiger partial charge in [-0.1, -0.05) is 12.1 Å². The monoisotopic (exact) mass is 406 g/mol. The Morgan fingerprint density at radius 1 is 1.31 bits per heavy atom. The van der Waals surface area contributed by atoms with Crippen molar-refractivity contribution in [3.05, 3.63) is 46.8 Å². The van der Waals surface area contributed by atoms with Gasteiger partial charge in [0, 0.05) is 31.1 Å². The van der Waals surface area contributed by atoms with E-state index in [1.165, 1.54) is 9.58 Å². The molecule has 0 aliphatic carbocycles. The van der Waals surface area contributed by atoms with Gasteiger partial charge in [0.1, 0.15) is 11.4 Å². The maximum absolute atomic E-state index is 15.3. The number of methoxy groups -OCH3 is 1. The number of amides is 1. The molecule has 4 rings (SSSR count). The molecule has 0 fully saturated rings. The first kappa shape index (κ1) is 19.6. The van der Waals surface area contributed by atoms with Crippen LogP contribution >= 0.6 is 0 Å². The van der Waals surface area contributed by atoms with Gasteiger partial charge in [0.05, 0.1) is 32.4 Å². The number of alkyl halides is 2. The molecular formula is C20H24F2N4O3. The Bertz CT molecular complexity index is 913. The van der Waals surface area contributed by atoms with E-state index in [9.17, 15) is 9.90 Å². The number of hydrogen-bond acceptors (Lipinski definition) is 4. The van der Waals surface area contributed by atoms with Crippen molar-refractivity contribution in [2.45, 2.75) is 44.9 Å². The molecule has 1 amide bonds. The number of nitrogens with zero attached hydrogens (tertiary/aromatic N) is 4. The first-order valence-corrected chi connectivity index (χ1v) is 9.60. The van der Waals surface area contributed by atoms with Crippen molar-refractivity contribution < 1.29 is 23.4 Å². The van der Waals surface area contributed by atoms with Gasteiger partial charge in [-0.3, -0.25) is 9.58 Å². The molecule has 2 aromatic rings. The van der Waals surface area contributed by atoms with E-state index in [0.29, 0.717) is 37.3 Å². The van der Waals surface area contributed by atoms with Crippen LogP contribution in [0.4, 0.5) is 13.6 Å². The highest BCUT2D eigenvalue weighted by atomic mass is 19.3. The number of carbonyl (C=O) groups is 1. The number of aromatic nitrogens is 2. The summed E-state index contributed by atoms with van der Waals surface area (Å²) in [4.78, 5) is 14.4. The number of carboxylic acid groups (broad SMARTS) is 1. The van der Waals surface area contributed by atoms with Crippen molar-refractivity contribution in [2.75, 3.05) is 20.2 Å². The van der Waals surface area contributed by atoms with Crippen LogP contribution < -0.4 is 4.74 Å². The standard InChI is InChI=1S/C20H24F2N4O3/c1-13-9-17-16(11-25(13)19(27)28)18-20(21,22)12-24(7-8-26(18)23-17)10-14-3-5-15(29-2)6-4-14/h3-6,13H,7-12H2,1-2H3,(H,27,28)/t13-/m1/s1. The highest BCUT2D eigenvalue weighted by molar-refractivity contribution is 5.66. The lowest BCUT2D eigenvalue weighted by Crippen LogP contribution is -2.42. The van der Waals surface area contributed by atoms with E-state index in [0.717, 1.165) is 11.3 Å². The number of benzene rings is 1. The molecule has 1 aromatic carbocycles. The maximum atomic E-state index is 15.3. The van der Waals surface area contributed by atoms with Crippen LogP contribution in [-0.2, 0) is 32.0 Å². The van der Waals surface area contributed by atoms with Crippen LogP contribution in [0.2, 0.25) is 0 Å². The fraction of sp³-hybridized carbons (Fsp3) is 0.500. The lowest BCUT2D eigenvalue weighted by molar-refractivity contribution is -0.0395. The zero-order valence-electron chi connectivity index (χ0n) is 16.4. The van der Waals surface area contributed by atoms with Gasteiger partial charge >= 0.3 is 12.0 Å². The highest BCUT2D eigenvalue weighted by Gasteiger charge is 2.45. The van der Waals surface area contributed by atoms with E-state index in [1.54, 1.807) is 18.9 Å². The number of hydrogen-bond donors (Lipinski definition) is 1. The molecule has 1 aromatic heterocycles. The molecule has 0 radical (unpaired) electrons. The summed E-state index contributed by atoms with van der Waals surface area (Å²) in [6.45, 7) is 2.47. The average Bonchev–Trinajstić information content (AvgIpc) is 2.97. The Balaban J connectivity index is 1.58. The van der Waals surface area contributed by atoms with E-state index in [4.69, 9.17) is 4.74 Å². The van der Waals surface area contributed by atoms with Gasteiger partial charge in [0.25, 0.3) is 0 Å². The third-order valence-electron chi connectivity index (χ3n) is 5.69. The molecule has 2 aliphatic rings. The second-order valence-electron chi connectivity index (χ2n) is 7.72. The molecule has 2 aliphatic heterocycles. The predicted octanol–water partition coefficient (Wildman–Crippen LogP) is 2.92. The van der Waals surface area contributed by atoms with Crippen LogP contribution in [0, 0.1) is 0 Å². The minimum atomic E-state index is -3.12. The number of halogens is 2. The van der Waals surface area contributed by atoms with Crippen molar-refractivity contribution in [1.29, 1.82) is 0 Å². The molecule has 9 heteroatoms. The van der Waals surface area contributed by atoms with Crippen LogP contribution in [-0.4, -0.2) is 57.0 Å². The van der Waals surface area contributed by atoms with E-state index < -0.39 is 18.6 Å². The van der Waals surface area contributed by atoms with Gasteiger partial charge in [-0.15, -0.1) is 0 Å². The average molecular weight is 406 g/mol. The Morgan fingerprint density at radius 2 is 2.03 bits per heavy atom. The summed E-state index contributed by atoms with van der Waals surface area (Å²) >= 11 is 0. The smallest absolute Gasteiger partial charge is 0.407 e. The second kappa shape index (κ2) is 7.29. The molecule has 0 bridgehead atoms. The van der Waals surface area contributed by atoms with E-state index in [2.05, 4.69) is 5.10 Å². The molecular weight excluding hydrogens is 382 g/mol. The minimum Gasteiger partial charge on any atom is -0.497 e. The summed E-state index contributed by atoms with van der Waals surface area (Å²) in [5.74, 6) is -2.40. The lowest BCUT2D eigenvalue weighted by atomic mass is 9.98. The first-order chi connectivity index (χ1) is 13.8. The molecule has 156 valence electrons. The predicted molar refractivity (Wildman–Crippen MR) is 101 cm³/mol. The fourth-order valence-electron chi connectivity index (χ4n) is 4.22. The van der Waals surface area contributed by atoms with Gasteiger partial charge in [-0.2, -0.15) is 13.9 Å². The van der Waals surface area contributed by atoms with E-state index in [1.807, 2.05) is 24.3 Å². The van der Waals surface area contributed by atoms with Crippen molar-refractivity contribution in [2.24, 2.45) is 0 Å².